The molecule has 1 aromatic heterocycles. The van der Waals surface area contributed by atoms with E-state index in [1.165, 1.54) is 11.8 Å². The fraction of sp³-hybridized carbons (Fsp3) is 0.154. The third kappa shape index (κ3) is 5.16. The topological polar surface area (TPSA) is 89.0 Å². The summed E-state index contributed by atoms with van der Waals surface area (Å²) >= 11 is 1.25. The molecule has 1 N–H and O–H groups in total. The number of nitrogens with zero attached hydrogens (tertiary/aromatic N) is 2. The molecule has 21 heavy (non-hydrogen) atoms. The van der Waals surface area contributed by atoms with Crippen LogP contribution >= 0.6 is 11.8 Å². The van der Waals surface area contributed by atoms with Crippen LogP contribution in [0.2, 0.25) is 0 Å². The molecule has 6 nitrogen and oxygen atoms in total. The molecule has 0 amide bonds. The van der Waals surface area contributed by atoms with Gasteiger partial charge in [-0.3, -0.25) is 9.52 Å². The van der Waals surface area contributed by atoms with Gasteiger partial charge in [-0.2, -0.15) is 0 Å². The Hall–Kier alpha value is -1.93. The number of hydrogen-bond donors (Lipinski definition) is 1. The van der Waals surface area contributed by atoms with E-state index in [0.717, 1.165) is 6.26 Å². The van der Waals surface area contributed by atoms with Gasteiger partial charge in [0.05, 0.1) is 12.0 Å². The number of anilines is 1. The fourth-order valence-electron chi connectivity index (χ4n) is 1.51. The number of benzene rings is 1. The molecule has 0 radical (unpaired) electrons. The molecule has 0 aliphatic heterocycles. The second-order valence-corrected chi connectivity index (χ2v) is 6.89. The Morgan fingerprint density at radius 1 is 1.19 bits per heavy atom. The lowest BCUT2D eigenvalue weighted by Crippen LogP contribution is -2.10. The molecule has 0 unspecified atom stereocenters. The summed E-state index contributed by atoms with van der Waals surface area (Å²) in [5, 5.41) is 0.543. The van der Waals surface area contributed by atoms with Crippen molar-refractivity contribution in [1.82, 2.24) is 9.97 Å². The quantitative estimate of drug-likeness (QED) is 0.495. The normalized spacial score (nSPS) is 11.1. The first-order valence-corrected chi connectivity index (χ1v) is 8.82. The number of Topliss-reactive ketones (excluding diaryl/α,β-unsaturated/α-hetero) is 1. The second-order valence-electron chi connectivity index (χ2n) is 4.19. The first-order valence-electron chi connectivity index (χ1n) is 5.95. The summed E-state index contributed by atoms with van der Waals surface area (Å²) in [4.78, 5) is 20.0. The van der Waals surface area contributed by atoms with Crippen LogP contribution in [0.25, 0.3) is 0 Å². The number of hydrogen-bond acceptors (Lipinski definition) is 6. The van der Waals surface area contributed by atoms with E-state index in [2.05, 4.69) is 14.7 Å². The van der Waals surface area contributed by atoms with Crippen molar-refractivity contribution in [3.8, 4) is 0 Å². The van der Waals surface area contributed by atoms with E-state index in [9.17, 15) is 13.2 Å². The molecule has 1 aromatic carbocycles. The number of carbonyl (C=O) groups excluding carboxylic acids is 1. The molecule has 1 heterocycles. The summed E-state index contributed by atoms with van der Waals surface area (Å²) < 4.78 is 24.5. The molecule has 2 rings (SSSR count). The van der Waals surface area contributed by atoms with Crippen LogP contribution < -0.4 is 4.72 Å². The van der Waals surface area contributed by atoms with Crippen LogP contribution in [0.15, 0.2) is 47.9 Å². The molecule has 0 aliphatic rings. The maximum atomic E-state index is 12.0. The summed E-state index contributed by atoms with van der Waals surface area (Å²) in [5.41, 5.74) is 0.936. The van der Waals surface area contributed by atoms with Crippen molar-refractivity contribution in [2.24, 2.45) is 0 Å². The monoisotopic (exact) mass is 323 g/mol. The van der Waals surface area contributed by atoms with Gasteiger partial charge in [-0.25, -0.2) is 18.4 Å². The number of rotatable bonds is 6. The minimum atomic E-state index is -3.31. The third-order valence-corrected chi connectivity index (χ3v) is 3.87. The molecule has 110 valence electrons. The average molecular weight is 323 g/mol. The van der Waals surface area contributed by atoms with E-state index in [0.29, 0.717) is 16.4 Å². The smallest absolute Gasteiger partial charge is 0.229 e. The van der Waals surface area contributed by atoms with E-state index < -0.39 is 10.0 Å². The molecule has 0 aliphatic carbocycles. The molecular formula is C13H13N3O3S2. The molecule has 0 spiro atoms. The molecule has 0 fully saturated rings. The predicted octanol–water partition coefficient (Wildman–Crippen LogP) is 1.82. The van der Waals surface area contributed by atoms with E-state index >= 15 is 0 Å². The Balaban J connectivity index is 1.97. The lowest BCUT2D eigenvalue weighted by atomic mass is 10.1. The summed E-state index contributed by atoms with van der Waals surface area (Å²) in [6.07, 6.45) is 4.31. The Bertz CT molecular complexity index is 716. The Morgan fingerprint density at radius 3 is 2.38 bits per heavy atom. The van der Waals surface area contributed by atoms with E-state index in [-0.39, 0.29) is 11.5 Å². The van der Waals surface area contributed by atoms with E-state index in [1.807, 2.05) is 0 Å². The van der Waals surface area contributed by atoms with Crippen LogP contribution in [0, 0.1) is 0 Å². The van der Waals surface area contributed by atoms with Gasteiger partial charge in [0, 0.05) is 23.6 Å². The highest BCUT2D eigenvalue weighted by atomic mass is 32.2. The SMILES string of the molecule is CS(=O)(=O)Nc1ccc(C(=O)CSc2ncccn2)cc1. The molecule has 0 bridgehead atoms. The highest BCUT2D eigenvalue weighted by Crippen LogP contribution is 2.16. The van der Waals surface area contributed by atoms with Gasteiger partial charge in [0.25, 0.3) is 0 Å². The summed E-state index contributed by atoms with van der Waals surface area (Å²) in [5.74, 6) is 0.154. The predicted molar refractivity (Wildman–Crippen MR) is 82.0 cm³/mol. The zero-order valence-corrected chi connectivity index (χ0v) is 12.8. The third-order valence-electron chi connectivity index (χ3n) is 2.38. The van der Waals surface area contributed by atoms with Gasteiger partial charge in [-0.1, -0.05) is 11.8 Å². The van der Waals surface area contributed by atoms with Crippen molar-refractivity contribution in [1.29, 1.82) is 0 Å². The van der Waals surface area contributed by atoms with Crippen LogP contribution in [0.3, 0.4) is 0 Å². The van der Waals surface area contributed by atoms with Crippen molar-refractivity contribution in [2.75, 3.05) is 16.7 Å². The van der Waals surface area contributed by atoms with Gasteiger partial charge >= 0.3 is 0 Å². The van der Waals surface area contributed by atoms with Gasteiger partial charge in [0.2, 0.25) is 10.0 Å². The zero-order chi connectivity index (χ0) is 15.3. The highest BCUT2D eigenvalue weighted by Gasteiger charge is 2.08. The molecule has 8 heteroatoms. The number of sulfonamides is 1. The molecule has 0 saturated carbocycles. The van der Waals surface area contributed by atoms with Crippen LogP contribution in [-0.4, -0.2) is 36.2 Å². The number of thioether (sulfide) groups is 1. The average Bonchev–Trinajstić information content (AvgIpc) is 2.45. The Labute approximate surface area is 127 Å². The van der Waals surface area contributed by atoms with Crippen LogP contribution in [0.1, 0.15) is 10.4 Å². The van der Waals surface area contributed by atoms with Crippen molar-refractivity contribution in [3.05, 3.63) is 48.3 Å². The van der Waals surface area contributed by atoms with Crippen molar-refractivity contribution < 1.29 is 13.2 Å². The van der Waals surface area contributed by atoms with Crippen LogP contribution in [0.4, 0.5) is 5.69 Å². The highest BCUT2D eigenvalue weighted by molar-refractivity contribution is 7.99. The number of ketones is 1. The zero-order valence-electron chi connectivity index (χ0n) is 11.2. The summed E-state index contributed by atoms with van der Waals surface area (Å²) in [6.45, 7) is 0. The van der Waals surface area contributed by atoms with E-state index in [4.69, 9.17) is 0 Å². The maximum Gasteiger partial charge on any atom is 0.229 e. The molecule has 0 atom stereocenters. The standard InChI is InChI=1S/C13H13N3O3S2/c1-21(18,19)16-11-5-3-10(4-6-11)12(17)9-20-13-14-7-2-8-15-13/h2-8,16H,9H2,1H3. The number of aromatic nitrogens is 2. The largest absolute Gasteiger partial charge is 0.293 e. The molecule has 2 aromatic rings. The van der Waals surface area contributed by atoms with Gasteiger partial charge in [-0.15, -0.1) is 0 Å². The van der Waals surface area contributed by atoms with Gasteiger partial charge < -0.3 is 0 Å². The minimum absolute atomic E-state index is 0.0710. The van der Waals surface area contributed by atoms with Crippen molar-refractivity contribution in [2.45, 2.75) is 5.16 Å². The van der Waals surface area contributed by atoms with Crippen molar-refractivity contribution in [3.63, 3.8) is 0 Å². The fourth-order valence-corrected chi connectivity index (χ4v) is 2.77. The number of nitrogens with one attached hydrogen (secondary N) is 1. The first kappa shape index (κ1) is 15.5. The minimum Gasteiger partial charge on any atom is -0.293 e. The Morgan fingerprint density at radius 2 is 1.81 bits per heavy atom. The lowest BCUT2D eigenvalue weighted by molar-refractivity contribution is 0.102. The molecule has 0 saturated heterocycles. The Kier molecular flexibility index (Phi) is 4.92. The van der Waals surface area contributed by atoms with Gasteiger partial charge in [0.15, 0.2) is 10.9 Å². The van der Waals surface area contributed by atoms with Crippen LogP contribution in [0.5, 0.6) is 0 Å². The summed E-state index contributed by atoms with van der Waals surface area (Å²) in [7, 11) is -3.31. The number of carbonyl (C=O) groups is 1. The van der Waals surface area contributed by atoms with Crippen molar-refractivity contribution >= 4 is 33.3 Å². The van der Waals surface area contributed by atoms with Gasteiger partial charge in [0.1, 0.15) is 0 Å². The van der Waals surface area contributed by atoms with Gasteiger partial charge in [-0.05, 0) is 30.3 Å². The molecular weight excluding hydrogens is 310 g/mol. The second kappa shape index (κ2) is 6.68. The lowest BCUT2D eigenvalue weighted by Gasteiger charge is -2.05. The van der Waals surface area contributed by atoms with Crippen LogP contribution in [-0.2, 0) is 10.0 Å². The first-order chi connectivity index (χ1) is 9.94. The summed E-state index contributed by atoms with van der Waals surface area (Å²) in [6, 6.07) is 7.99. The maximum absolute atomic E-state index is 12.0. The van der Waals surface area contributed by atoms with E-state index in [1.54, 1.807) is 42.7 Å².